The molecule has 0 amide bonds. The van der Waals surface area contributed by atoms with Crippen molar-refractivity contribution in [1.29, 1.82) is 0 Å². The van der Waals surface area contributed by atoms with Crippen LogP contribution >= 0.6 is 11.6 Å². The molecule has 1 aromatic heterocycles. The van der Waals surface area contributed by atoms with Crippen LogP contribution in [0.5, 0.6) is 0 Å². The molecule has 2 aromatic rings. The zero-order valence-corrected chi connectivity index (χ0v) is 9.45. The van der Waals surface area contributed by atoms with Crippen LogP contribution in [0.4, 0.5) is 15.9 Å². The van der Waals surface area contributed by atoms with Crippen LogP contribution in [-0.4, -0.2) is 12.0 Å². The van der Waals surface area contributed by atoms with Gasteiger partial charge < -0.3 is 4.90 Å². The maximum Gasteiger partial charge on any atom is 0.134 e. The number of nitrogens with zero attached hydrogens (tertiary/aromatic N) is 2. The second-order valence-electron chi connectivity index (χ2n) is 3.36. The van der Waals surface area contributed by atoms with Crippen LogP contribution in [0.2, 0.25) is 5.15 Å². The van der Waals surface area contributed by atoms with Gasteiger partial charge in [-0.1, -0.05) is 23.7 Å². The second kappa shape index (κ2) is 4.49. The predicted octanol–water partition coefficient (Wildman–Crippen LogP) is 3.64. The molecule has 0 aliphatic heterocycles. The van der Waals surface area contributed by atoms with Gasteiger partial charge in [-0.3, -0.25) is 0 Å². The number of aromatic nitrogens is 1. The summed E-state index contributed by atoms with van der Waals surface area (Å²) in [7, 11) is 1.81. The molecule has 0 aliphatic rings. The van der Waals surface area contributed by atoms with E-state index >= 15 is 0 Å². The molecule has 0 unspecified atom stereocenters. The number of hydrogen-bond donors (Lipinski definition) is 0. The van der Waals surface area contributed by atoms with E-state index in [9.17, 15) is 4.39 Å². The SMILES string of the molecule is CN(c1cccc(F)c1)c1cccc(Cl)n1. The molecule has 0 atom stereocenters. The Balaban J connectivity index is 2.35. The highest BCUT2D eigenvalue weighted by Gasteiger charge is 2.06. The van der Waals surface area contributed by atoms with Crippen molar-refractivity contribution >= 4 is 23.1 Å². The predicted molar refractivity (Wildman–Crippen MR) is 63.7 cm³/mol. The van der Waals surface area contributed by atoms with E-state index in [1.165, 1.54) is 12.1 Å². The van der Waals surface area contributed by atoms with Crippen LogP contribution in [0.1, 0.15) is 0 Å². The first-order valence-corrected chi connectivity index (χ1v) is 5.16. The van der Waals surface area contributed by atoms with Crippen LogP contribution in [0, 0.1) is 5.82 Å². The molecule has 0 spiro atoms. The summed E-state index contributed by atoms with van der Waals surface area (Å²) in [5.41, 5.74) is 0.731. The van der Waals surface area contributed by atoms with Crippen LogP contribution in [0.25, 0.3) is 0 Å². The molecule has 0 bridgehead atoms. The molecule has 2 rings (SSSR count). The van der Waals surface area contributed by atoms with Crippen molar-refractivity contribution in [3.63, 3.8) is 0 Å². The van der Waals surface area contributed by atoms with E-state index in [2.05, 4.69) is 4.98 Å². The van der Waals surface area contributed by atoms with Crippen molar-refractivity contribution in [1.82, 2.24) is 4.98 Å². The van der Waals surface area contributed by atoms with Gasteiger partial charge in [0.05, 0.1) is 0 Å². The Kier molecular flexibility index (Phi) is 3.06. The first-order chi connectivity index (χ1) is 7.66. The summed E-state index contributed by atoms with van der Waals surface area (Å²) in [6, 6.07) is 11.6. The Labute approximate surface area is 98.3 Å². The van der Waals surface area contributed by atoms with Crippen molar-refractivity contribution in [3.8, 4) is 0 Å². The van der Waals surface area contributed by atoms with Crippen molar-refractivity contribution < 1.29 is 4.39 Å². The van der Waals surface area contributed by atoms with Crippen LogP contribution in [0.15, 0.2) is 42.5 Å². The molecule has 1 aromatic carbocycles. The normalized spacial score (nSPS) is 10.2. The molecule has 0 saturated carbocycles. The minimum atomic E-state index is -0.272. The molecular formula is C12H10ClFN2. The monoisotopic (exact) mass is 236 g/mol. The third-order valence-electron chi connectivity index (χ3n) is 2.24. The van der Waals surface area contributed by atoms with Crippen molar-refractivity contribution in [2.75, 3.05) is 11.9 Å². The fourth-order valence-corrected chi connectivity index (χ4v) is 1.56. The van der Waals surface area contributed by atoms with Crippen molar-refractivity contribution in [2.24, 2.45) is 0 Å². The molecule has 16 heavy (non-hydrogen) atoms. The van der Waals surface area contributed by atoms with Gasteiger partial charge in [0.25, 0.3) is 0 Å². The quantitative estimate of drug-likeness (QED) is 0.740. The Hall–Kier alpha value is -1.61. The summed E-state index contributed by atoms with van der Waals surface area (Å²) in [6.07, 6.45) is 0. The van der Waals surface area contributed by atoms with E-state index < -0.39 is 0 Å². The molecule has 0 N–H and O–H groups in total. The number of benzene rings is 1. The lowest BCUT2D eigenvalue weighted by Crippen LogP contribution is -2.11. The lowest BCUT2D eigenvalue weighted by atomic mass is 10.3. The minimum Gasteiger partial charge on any atom is -0.329 e. The van der Waals surface area contributed by atoms with Gasteiger partial charge in [0.15, 0.2) is 0 Å². The van der Waals surface area contributed by atoms with E-state index in [1.54, 1.807) is 23.1 Å². The van der Waals surface area contributed by atoms with E-state index in [4.69, 9.17) is 11.6 Å². The molecule has 2 nitrogen and oxygen atoms in total. The minimum absolute atomic E-state index is 0.272. The Morgan fingerprint density at radius 2 is 1.94 bits per heavy atom. The third-order valence-corrected chi connectivity index (χ3v) is 2.45. The Morgan fingerprint density at radius 1 is 1.19 bits per heavy atom. The Bertz CT molecular complexity index is 456. The number of pyridine rings is 1. The van der Waals surface area contributed by atoms with Crippen LogP contribution in [0.3, 0.4) is 0 Å². The summed E-state index contributed by atoms with van der Waals surface area (Å²) >= 11 is 5.80. The first kappa shape index (κ1) is 10.9. The molecule has 0 aliphatic carbocycles. The Morgan fingerprint density at radius 3 is 2.62 bits per heavy atom. The van der Waals surface area contributed by atoms with E-state index in [1.807, 2.05) is 19.2 Å². The van der Waals surface area contributed by atoms with E-state index in [0.717, 1.165) is 5.69 Å². The van der Waals surface area contributed by atoms with Gasteiger partial charge in [0.1, 0.15) is 16.8 Å². The molecule has 0 saturated heterocycles. The third kappa shape index (κ3) is 2.31. The van der Waals surface area contributed by atoms with Crippen LogP contribution in [-0.2, 0) is 0 Å². The number of anilines is 2. The summed E-state index contributed by atoms with van der Waals surface area (Å²) in [5, 5.41) is 0.417. The van der Waals surface area contributed by atoms with E-state index in [0.29, 0.717) is 11.0 Å². The van der Waals surface area contributed by atoms with Gasteiger partial charge >= 0.3 is 0 Å². The number of rotatable bonds is 2. The molecule has 0 radical (unpaired) electrons. The molecule has 82 valence electrons. The molecular weight excluding hydrogens is 227 g/mol. The maximum atomic E-state index is 13.0. The summed E-state index contributed by atoms with van der Waals surface area (Å²) in [4.78, 5) is 5.92. The average Bonchev–Trinajstić information content (AvgIpc) is 2.28. The second-order valence-corrected chi connectivity index (χ2v) is 3.74. The number of halogens is 2. The summed E-state index contributed by atoms with van der Waals surface area (Å²) < 4.78 is 13.0. The highest BCUT2D eigenvalue weighted by Crippen LogP contribution is 2.23. The smallest absolute Gasteiger partial charge is 0.134 e. The van der Waals surface area contributed by atoms with Gasteiger partial charge in [0.2, 0.25) is 0 Å². The highest BCUT2D eigenvalue weighted by atomic mass is 35.5. The average molecular weight is 237 g/mol. The van der Waals surface area contributed by atoms with Gasteiger partial charge in [-0.25, -0.2) is 9.37 Å². The first-order valence-electron chi connectivity index (χ1n) is 4.78. The van der Waals surface area contributed by atoms with Crippen molar-refractivity contribution in [3.05, 3.63) is 53.4 Å². The molecule has 1 heterocycles. The van der Waals surface area contributed by atoms with Crippen LogP contribution < -0.4 is 4.90 Å². The topological polar surface area (TPSA) is 16.1 Å². The van der Waals surface area contributed by atoms with Gasteiger partial charge in [-0.2, -0.15) is 0 Å². The molecule has 0 fully saturated rings. The standard InChI is InChI=1S/C12H10ClFN2/c1-16(10-5-2-4-9(14)8-10)12-7-3-6-11(13)15-12/h2-8H,1H3. The number of hydrogen-bond acceptors (Lipinski definition) is 2. The highest BCUT2D eigenvalue weighted by molar-refractivity contribution is 6.29. The zero-order chi connectivity index (χ0) is 11.5. The lowest BCUT2D eigenvalue weighted by molar-refractivity contribution is 0.628. The summed E-state index contributed by atoms with van der Waals surface area (Å²) in [5.74, 6) is 0.407. The maximum absolute atomic E-state index is 13.0. The van der Waals surface area contributed by atoms with Gasteiger partial charge in [0, 0.05) is 12.7 Å². The fourth-order valence-electron chi connectivity index (χ4n) is 1.40. The fraction of sp³-hybridized carbons (Fsp3) is 0.0833. The van der Waals surface area contributed by atoms with E-state index in [-0.39, 0.29) is 5.82 Å². The summed E-state index contributed by atoms with van der Waals surface area (Å²) in [6.45, 7) is 0. The molecule has 4 heteroatoms. The largest absolute Gasteiger partial charge is 0.329 e. The van der Waals surface area contributed by atoms with Crippen molar-refractivity contribution in [2.45, 2.75) is 0 Å². The van der Waals surface area contributed by atoms with Gasteiger partial charge in [-0.15, -0.1) is 0 Å². The zero-order valence-electron chi connectivity index (χ0n) is 8.69. The van der Waals surface area contributed by atoms with Gasteiger partial charge in [-0.05, 0) is 30.3 Å². The lowest BCUT2D eigenvalue weighted by Gasteiger charge is -2.18.